The molecule has 17 heavy (non-hydrogen) atoms. The van der Waals surface area contributed by atoms with Gasteiger partial charge in [0, 0.05) is 0 Å². The monoisotopic (exact) mass is 244 g/mol. The summed E-state index contributed by atoms with van der Waals surface area (Å²) in [5.74, 6) is -0.343. The van der Waals surface area contributed by atoms with Gasteiger partial charge in [-0.25, -0.2) is 4.79 Å². The zero-order chi connectivity index (χ0) is 12.9. The lowest BCUT2D eigenvalue weighted by atomic mass is 10.0. The van der Waals surface area contributed by atoms with Crippen LogP contribution < -0.4 is 0 Å². The van der Waals surface area contributed by atoms with E-state index in [0.717, 1.165) is 0 Å². The van der Waals surface area contributed by atoms with Crippen molar-refractivity contribution in [3.8, 4) is 0 Å². The predicted octanol–water partition coefficient (Wildman–Crippen LogP) is 1.25. The molecular weight excluding hydrogens is 224 g/mol. The van der Waals surface area contributed by atoms with Crippen LogP contribution >= 0.6 is 0 Å². The molecule has 0 N–H and O–H groups in total. The van der Waals surface area contributed by atoms with Gasteiger partial charge >= 0.3 is 5.97 Å². The van der Waals surface area contributed by atoms with Crippen LogP contribution in [-0.2, 0) is 23.7 Å². The summed E-state index contributed by atoms with van der Waals surface area (Å²) in [5, 5.41) is 0. The van der Waals surface area contributed by atoms with E-state index in [0.29, 0.717) is 6.61 Å². The molecule has 0 amide bonds. The first-order valence-corrected chi connectivity index (χ1v) is 5.82. The van der Waals surface area contributed by atoms with Crippen LogP contribution in [0.25, 0.3) is 0 Å². The van der Waals surface area contributed by atoms with Crippen molar-refractivity contribution in [3.05, 3.63) is 0 Å². The largest absolute Gasteiger partial charge is 0.460 e. The second-order valence-corrected chi connectivity index (χ2v) is 6.09. The van der Waals surface area contributed by atoms with E-state index in [9.17, 15) is 4.79 Å². The highest BCUT2D eigenvalue weighted by molar-refractivity contribution is 5.84. The van der Waals surface area contributed by atoms with Gasteiger partial charge in [-0.2, -0.15) is 0 Å². The van der Waals surface area contributed by atoms with Crippen molar-refractivity contribution in [1.82, 2.24) is 0 Å². The van der Waals surface area contributed by atoms with Gasteiger partial charge in [-0.1, -0.05) is 0 Å². The molecule has 5 heteroatoms. The quantitative estimate of drug-likeness (QED) is 0.423. The number of rotatable bonds is 4. The van der Waals surface area contributed by atoms with Crippen molar-refractivity contribution in [2.75, 3.05) is 13.2 Å². The molecule has 2 rings (SSSR count). The minimum absolute atomic E-state index is 0.270. The minimum Gasteiger partial charge on any atom is -0.460 e. The summed E-state index contributed by atoms with van der Waals surface area (Å²) in [6.07, 6.45) is -0.555. The molecule has 0 saturated carbocycles. The van der Waals surface area contributed by atoms with E-state index in [4.69, 9.17) is 18.9 Å². The number of hydrogen-bond acceptors (Lipinski definition) is 5. The molecule has 0 spiro atoms. The summed E-state index contributed by atoms with van der Waals surface area (Å²) < 4.78 is 21.7. The molecule has 0 radical (unpaired) electrons. The molecule has 0 aliphatic carbocycles. The maximum Gasteiger partial charge on any atom is 0.341 e. The summed E-state index contributed by atoms with van der Waals surface area (Å²) in [6, 6.07) is 0. The first-order chi connectivity index (χ1) is 7.65. The molecule has 2 saturated heterocycles. The Kier molecular flexibility index (Phi) is 2.76. The fraction of sp³-hybridized carbons (Fsp3) is 0.917. The Balaban J connectivity index is 2.04. The van der Waals surface area contributed by atoms with Crippen LogP contribution in [-0.4, -0.2) is 42.3 Å². The summed E-state index contributed by atoms with van der Waals surface area (Å²) >= 11 is 0. The molecular formula is C12H20O5. The Bertz CT molecular complexity index is 328. The summed E-state index contributed by atoms with van der Waals surface area (Å²) in [4.78, 5) is 11.4. The van der Waals surface area contributed by atoms with Gasteiger partial charge in [0.25, 0.3) is 0 Å². The Morgan fingerprint density at radius 3 is 2.18 bits per heavy atom. The first kappa shape index (κ1) is 12.8. The normalized spacial score (nSPS) is 38.3. The third kappa shape index (κ3) is 2.61. The zero-order valence-corrected chi connectivity index (χ0v) is 11.0. The molecule has 2 fully saturated rings. The van der Waals surface area contributed by atoms with Crippen molar-refractivity contribution in [2.45, 2.75) is 57.7 Å². The summed E-state index contributed by atoms with van der Waals surface area (Å²) in [5.41, 5.74) is -1.71. The number of hydrogen-bond donors (Lipinski definition) is 0. The second kappa shape index (κ2) is 3.67. The fourth-order valence-corrected chi connectivity index (χ4v) is 1.50. The maximum absolute atomic E-state index is 11.4. The molecule has 0 aromatic rings. The third-order valence-electron chi connectivity index (χ3n) is 2.84. The highest BCUT2D eigenvalue weighted by Gasteiger charge is 2.56. The van der Waals surface area contributed by atoms with Crippen molar-refractivity contribution in [3.63, 3.8) is 0 Å². The van der Waals surface area contributed by atoms with Crippen LogP contribution in [0.4, 0.5) is 0 Å². The third-order valence-corrected chi connectivity index (χ3v) is 2.84. The van der Waals surface area contributed by atoms with Gasteiger partial charge in [0.1, 0.15) is 12.2 Å². The average Bonchev–Trinajstić information content (AvgIpc) is 2.92. The summed E-state index contributed by atoms with van der Waals surface area (Å²) in [7, 11) is 0. The van der Waals surface area contributed by atoms with Gasteiger partial charge < -0.3 is 18.9 Å². The summed E-state index contributed by atoms with van der Waals surface area (Å²) in [6.45, 7) is 10.3. The van der Waals surface area contributed by atoms with E-state index in [-0.39, 0.29) is 18.2 Å². The van der Waals surface area contributed by atoms with E-state index in [2.05, 4.69) is 0 Å². The SMILES string of the molecule is CC(C)(C)O[C@@H](O[C@@]1(C)COC1=O)[C@]1(C)CO1. The highest BCUT2D eigenvalue weighted by atomic mass is 16.8. The number of carbonyl (C=O) groups excluding carboxylic acids is 1. The lowest BCUT2D eigenvalue weighted by Crippen LogP contribution is -2.58. The highest BCUT2D eigenvalue weighted by Crippen LogP contribution is 2.38. The Morgan fingerprint density at radius 2 is 1.88 bits per heavy atom. The van der Waals surface area contributed by atoms with Crippen LogP contribution in [0.3, 0.4) is 0 Å². The smallest absolute Gasteiger partial charge is 0.341 e. The molecule has 0 bridgehead atoms. The molecule has 2 aliphatic heterocycles. The lowest BCUT2D eigenvalue weighted by Gasteiger charge is -2.40. The molecule has 5 nitrogen and oxygen atoms in total. The number of ether oxygens (including phenoxy) is 4. The standard InChI is InChI=1S/C12H20O5/c1-10(2,3)16-9(12(5)7-15-12)17-11(4)6-14-8(11)13/h9H,6-7H2,1-5H3/t9-,11-,12-/m0/s1. The maximum atomic E-state index is 11.4. The van der Waals surface area contributed by atoms with E-state index in [1.54, 1.807) is 6.92 Å². The van der Waals surface area contributed by atoms with E-state index >= 15 is 0 Å². The first-order valence-electron chi connectivity index (χ1n) is 5.82. The van der Waals surface area contributed by atoms with Crippen LogP contribution in [0.1, 0.15) is 34.6 Å². The average molecular weight is 244 g/mol. The zero-order valence-electron chi connectivity index (χ0n) is 11.0. The molecule has 2 heterocycles. The Hall–Kier alpha value is -0.650. The van der Waals surface area contributed by atoms with Gasteiger partial charge in [-0.3, -0.25) is 0 Å². The minimum atomic E-state index is -0.898. The molecule has 0 unspecified atom stereocenters. The predicted molar refractivity (Wildman–Crippen MR) is 59.4 cm³/mol. The Labute approximate surface area is 101 Å². The van der Waals surface area contributed by atoms with Crippen LogP contribution in [0, 0.1) is 0 Å². The number of carbonyl (C=O) groups is 1. The van der Waals surface area contributed by atoms with Crippen molar-refractivity contribution < 1.29 is 23.7 Å². The van der Waals surface area contributed by atoms with E-state index in [1.807, 2.05) is 27.7 Å². The Morgan fingerprint density at radius 1 is 1.29 bits per heavy atom. The topological polar surface area (TPSA) is 57.3 Å². The number of epoxide rings is 1. The van der Waals surface area contributed by atoms with Crippen LogP contribution in [0.15, 0.2) is 0 Å². The second-order valence-electron chi connectivity index (χ2n) is 6.09. The fourth-order valence-electron chi connectivity index (χ4n) is 1.50. The molecule has 2 aliphatic rings. The molecule has 0 aromatic heterocycles. The van der Waals surface area contributed by atoms with Gasteiger partial charge in [-0.05, 0) is 34.6 Å². The van der Waals surface area contributed by atoms with Crippen molar-refractivity contribution >= 4 is 5.97 Å². The molecule has 0 aromatic carbocycles. The number of cyclic esters (lactones) is 1. The van der Waals surface area contributed by atoms with Gasteiger partial charge in [0.2, 0.25) is 0 Å². The number of esters is 1. The molecule has 3 atom stereocenters. The lowest BCUT2D eigenvalue weighted by molar-refractivity contribution is -0.291. The van der Waals surface area contributed by atoms with Crippen molar-refractivity contribution in [1.29, 1.82) is 0 Å². The van der Waals surface area contributed by atoms with E-state index in [1.165, 1.54) is 0 Å². The van der Waals surface area contributed by atoms with Gasteiger partial charge in [0.15, 0.2) is 11.9 Å². The van der Waals surface area contributed by atoms with Gasteiger partial charge in [0.05, 0.1) is 12.2 Å². The molecule has 98 valence electrons. The van der Waals surface area contributed by atoms with Crippen molar-refractivity contribution in [2.24, 2.45) is 0 Å². The van der Waals surface area contributed by atoms with E-state index < -0.39 is 17.5 Å². The van der Waals surface area contributed by atoms with Crippen LogP contribution in [0.2, 0.25) is 0 Å². The van der Waals surface area contributed by atoms with Crippen LogP contribution in [0.5, 0.6) is 0 Å². The van der Waals surface area contributed by atoms with Gasteiger partial charge in [-0.15, -0.1) is 0 Å².